The van der Waals surface area contributed by atoms with Crippen LogP contribution in [0.1, 0.15) is 18.1 Å². The molecule has 1 N–H and O–H groups in total. The Morgan fingerprint density at radius 3 is 2.39 bits per heavy atom. The molecule has 0 unspecified atom stereocenters. The van der Waals surface area contributed by atoms with Gasteiger partial charge in [0.25, 0.3) is 0 Å². The average molecular weight is 485 g/mol. The van der Waals surface area contributed by atoms with Crippen molar-refractivity contribution in [3.8, 4) is 5.75 Å². The van der Waals surface area contributed by atoms with Gasteiger partial charge in [-0.15, -0.1) is 11.8 Å². The highest BCUT2D eigenvalue weighted by Gasteiger charge is 2.28. The van der Waals surface area contributed by atoms with Gasteiger partial charge in [-0.1, -0.05) is 42.5 Å². The number of sulfonamides is 1. The van der Waals surface area contributed by atoms with E-state index in [0.29, 0.717) is 18.0 Å². The fraction of sp³-hybridized carbons (Fsp3) is 0.240. The van der Waals surface area contributed by atoms with Crippen molar-refractivity contribution >= 4 is 33.4 Å². The van der Waals surface area contributed by atoms with Crippen LogP contribution in [0.5, 0.6) is 5.75 Å². The van der Waals surface area contributed by atoms with Gasteiger partial charge in [-0.3, -0.25) is 4.79 Å². The van der Waals surface area contributed by atoms with E-state index in [1.807, 2.05) is 61.7 Å². The molecule has 0 saturated carbocycles. The van der Waals surface area contributed by atoms with Crippen LogP contribution in [0.4, 0.5) is 5.69 Å². The molecule has 0 aliphatic heterocycles. The smallest absolute Gasteiger partial charge is 0.243 e. The molecule has 0 radical (unpaired) electrons. The lowest BCUT2D eigenvalue weighted by Crippen LogP contribution is -2.37. The molecule has 0 bridgehead atoms. The van der Waals surface area contributed by atoms with E-state index < -0.39 is 15.9 Å². The molecule has 0 fully saturated rings. The lowest BCUT2D eigenvalue weighted by molar-refractivity contribution is -0.116. The Bertz CT molecular complexity index is 1200. The molecular formula is C25H28N2O4S2. The van der Waals surface area contributed by atoms with Crippen molar-refractivity contribution in [1.82, 2.24) is 4.31 Å². The van der Waals surface area contributed by atoms with Crippen molar-refractivity contribution in [2.45, 2.75) is 30.2 Å². The second kappa shape index (κ2) is 11.4. The standard InChI is InChI=1S/C25H28N2O4S2/c1-4-31-23-15-14-21(16-19(23)2)33(29,30)27(17-20-10-6-5-7-11-20)18-25(28)26-22-12-8-9-13-24(22)32-3/h5-16H,4,17-18H2,1-3H3,(H,26,28). The summed E-state index contributed by atoms with van der Waals surface area (Å²) in [5, 5.41) is 2.85. The molecule has 0 atom stereocenters. The van der Waals surface area contributed by atoms with Gasteiger partial charge in [0.2, 0.25) is 15.9 Å². The quantitative estimate of drug-likeness (QED) is 0.412. The van der Waals surface area contributed by atoms with Crippen molar-refractivity contribution in [3.63, 3.8) is 0 Å². The van der Waals surface area contributed by atoms with Crippen molar-refractivity contribution < 1.29 is 17.9 Å². The Morgan fingerprint density at radius 1 is 1.03 bits per heavy atom. The molecule has 0 aliphatic carbocycles. The molecule has 8 heteroatoms. The second-order valence-electron chi connectivity index (χ2n) is 7.37. The van der Waals surface area contributed by atoms with Crippen LogP contribution in [0.15, 0.2) is 82.6 Å². The van der Waals surface area contributed by atoms with Gasteiger partial charge in [0.1, 0.15) is 5.75 Å². The number of rotatable bonds is 10. The zero-order valence-corrected chi connectivity index (χ0v) is 20.6. The molecule has 0 aromatic heterocycles. The number of nitrogens with one attached hydrogen (secondary N) is 1. The predicted molar refractivity (Wildman–Crippen MR) is 133 cm³/mol. The third kappa shape index (κ3) is 6.37. The molecule has 1 amide bonds. The Morgan fingerprint density at radius 2 is 1.73 bits per heavy atom. The maximum atomic E-state index is 13.6. The molecular weight excluding hydrogens is 456 g/mol. The number of aryl methyl sites for hydroxylation is 1. The average Bonchev–Trinajstić information content (AvgIpc) is 2.81. The number of carbonyl (C=O) groups is 1. The number of anilines is 1. The van der Waals surface area contributed by atoms with E-state index in [1.165, 1.54) is 22.1 Å². The molecule has 3 aromatic carbocycles. The zero-order valence-electron chi connectivity index (χ0n) is 18.9. The number of hydrogen-bond donors (Lipinski definition) is 1. The number of carbonyl (C=O) groups excluding carboxylic acids is 1. The molecule has 0 saturated heterocycles. The fourth-order valence-corrected chi connectivity index (χ4v) is 5.38. The molecule has 33 heavy (non-hydrogen) atoms. The van der Waals surface area contributed by atoms with Crippen LogP contribution in [-0.4, -0.2) is 38.0 Å². The van der Waals surface area contributed by atoms with E-state index in [0.717, 1.165) is 16.0 Å². The van der Waals surface area contributed by atoms with Crippen LogP contribution in [-0.2, 0) is 21.4 Å². The van der Waals surface area contributed by atoms with Crippen molar-refractivity contribution in [2.75, 3.05) is 24.7 Å². The zero-order chi connectivity index (χ0) is 23.8. The predicted octanol–water partition coefficient (Wildman–Crippen LogP) is 4.95. The monoisotopic (exact) mass is 484 g/mol. The van der Waals surface area contributed by atoms with E-state index in [9.17, 15) is 13.2 Å². The normalized spacial score (nSPS) is 11.4. The second-order valence-corrected chi connectivity index (χ2v) is 10.2. The van der Waals surface area contributed by atoms with Crippen LogP contribution in [0, 0.1) is 6.92 Å². The van der Waals surface area contributed by atoms with E-state index in [-0.39, 0.29) is 18.0 Å². The first kappa shape index (κ1) is 24.8. The number of hydrogen-bond acceptors (Lipinski definition) is 5. The van der Waals surface area contributed by atoms with Crippen LogP contribution in [0.3, 0.4) is 0 Å². The summed E-state index contributed by atoms with van der Waals surface area (Å²) in [7, 11) is -3.94. The lowest BCUT2D eigenvalue weighted by atomic mass is 10.2. The maximum Gasteiger partial charge on any atom is 0.243 e. The Kier molecular flexibility index (Phi) is 8.55. The fourth-order valence-electron chi connectivity index (χ4n) is 3.36. The van der Waals surface area contributed by atoms with Gasteiger partial charge < -0.3 is 10.1 Å². The first-order valence-electron chi connectivity index (χ1n) is 10.6. The minimum atomic E-state index is -3.94. The van der Waals surface area contributed by atoms with E-state index in [4.69, 9.17) is 4.74 Å². The number of thioether (sulfide) groups is 1. The topological polar surface area (TPSA) is 75.7 Å². The summed E-state index contributed by atoms with van der Waals surface area (Å²) in [6, 6.07) is 21.4. The third-order valence-corrected chi connectivity index (χ3v) is 7.57. The number of para-hydroxylation sites is 1. The number of ether oxygens (including phenoxy) is 1. The molecule has 6 nitrogen and oxygen atoms in total. The van der Waals surface area contributed by atoms with Crippen LogP contribution < -0.4 is 10.1 Å². The minimum absolute atomic E-state index is 0.0764. The highest BCUT2D eigenvalue weighted by molar-refractivity contribution is 7.98. The molecule has 3 aromatic rings. The van der Waals surface area contributed by atoms with Crippen LogP contribution in [0.2, 0.25) is 0 Å². The Labute approximate surface area is 200 Å². The number of benzene rings is 3. The van der Waals surface area contributed by atoms with Gasteiger partial charge in [0, 0.05) is 11.4 Å². The van der Waals surface area contributed by atoms with E-state index in [2.05, 4.69) is 5.32 Å². The number of nitrogens with zero attached hydrogens (tertiary/aromatic N) is 1. The molecule has 0 aliphatic rings. The largest absolute Gasteiger partial charge is 0.494 e. The Balaban J connectivity index is 1.90. The van der Waals surface area contributed by atoms with Crippen molar-refractivity contribution in [1.29, 1.82) is 0 Å². The summed E-state index contributed by atoms with van der Waals surface area (Å²) >= 11 is 1.51. The first-order valence-corrected chi connectivity index (χ1v) is 13.2. The summed E-state index contributed by atoms with van der Waals surface area (Å²) in [4.78, 5) is 13.9. The summed E-state index contributed by atoms with van der Waals surface area (Å²) in [5.74, 6) is 0.233. The van der Waals surface area contributed by atoms with Gasteiger partial charge in [0.15, 0.2) is 0 Å². The van der Waals surface area contributed by atoms with Gasteiger partial charge in [-0.25, -0.2) is 8.42 Å². The van der Waals surface area contributed by atoms with Gasteiger partial charge in [0.05, 0.1) is 23.7 Å². The SMILES string of the molecule is CCOc1ccc(S(=O)(=O)N(CC(=O)Nc2ccccc2SC)Cc2ccccc2)cc1C. The van der Waals surface area contributed by atoms with E-state index >= 15 is 0 Å². The summed E-state index contributed by atoms with van der Waals surface area (Å²) in [6.07, 6.45) is 1.92. The van der Waals surface area contributed by atoms with Gasteiger partial charge >= 0.3 is 0 Å². The summed E-state index contributed by atoms with van der Waals surface area (Å²) in [6.45, 7) is 3.93. The van der Waals surface area contributed by atoms with Gasteiger partial charge in [-0.2, -0.15) is 4.31 Å². The van der Waals surface area contributed by atoms with Crippen LogP contribution in [0.25, 0.3) is 0 Å². The molecule has 0 spiro atoms. The molecule has 174 valence electrons. The van der Waals surface area contributed by atoms with Gasteiger partial charge in [-0.05, 0) is 61.6 Å². The van der Waals surface area contributed by atoms with E-state index in [1.54, 1.807) is 25.1 Å². The summed E-state index contributed by atoms with van der Waals surface area (Å²) in [5.41, 5.74) is 2.17. The van der Waals surface area contributed by atoms with Crippen LogP contribution >= 0.6 is 11.8 Å². The maximum absolute atomic E-state index is 13.6. The third-order valence-electron chi connectivity index (χ3n) is 4.99. The minimum Gasteiger partial charge on any atom is -0.494 e. The Hall–Kier alpha value is -2.81. The highest BCUT2D eigenvalue weighted by Crippen LogP contribution is 2.27. The lowest BCUT2D eigenvalue weighted by Gasteiger charge is -2.23. The van der Waals surface area contributed by atoms with Crippen molar-refractivity contribution in [3.05, 3.63) is 83.9 Å². The number of amides is 1. The summed E-state index contributed by atoms with van der Waals surface area (Å²) < 4.78 is 33.9. The first-order chi connectivity index (χ1) is 15.8. The molecule has 0 heterocycles. The van der Waals surface area contributed by atoms with Crippen molar-refractivity contribution in [2.24, 2.45) is 0 Å². The highest BCUT2D eigenvalue weighted by atomic mass is 32.2. The molecule has 3 rings (SSSR count).